The number of benzene rings is 1. The molecule has 3 N–H and O–H groups in total. The fraction of sp³-hybridized carbons (Fsp3) is 0.214. The summed E-state index contributed by atoms with van der Waals surface area (Å²) in [4.78, 5) is 20.3. The Labute approximate surface area is 116 Å². The maximum absolute atomic E-state index is 13.5. The van der Waals surface area contributed by atoms with Crippen LogP contribution in [0.5, 0.6) is 0 Å². The zero-order valence-electron chi connectivity index (χ0n) is 11.2. The Bertz CT molecular complexity index is 643. The number of nitrogens with two attached hydrogens (primary N) is 1. The second-order valence-corrected chi connectivity index (χ2v) is 4.62. The molecule has 0 saturated heterocycles. The number of hydrogen-bond donors (Lipinski definition) is 2. The lowest BCUT2D eigenvalue weighted by Crippen LogP contribution is -2.18. The number of aromatic nitrogens is 2. The first-order chi connectivity index (χ1) is 9.49. The highest BCUT2D eigenvalue weighted by atomic mass is 19.1. The molecule has 0 aliphatic heterocycles. The van der Waals surface area contributed by atoms with E-state index in [0.717, 1.165) is 0 Å². The van der Waals surface area contributed by atoms with Crippen molar-refractivity contribution in [1.29, 1.82) is 0 Å². The summed E-state index contributed by atoms with van der Waals surface area (Å²) < 4.78 is 13.5. The largest absolute Gasteiger partial charge is 0.396 e. The van der Waals surface area contributed by atoms with Crippen LogP contribution in [0.15, 0.2) is 30.5 Å². The Morgan fingerprint density at radius 3 is 2.70 bits per heavy atom. The fourth-order valence-corrected chi connectivity index (χ4v) is 1.61. The number of carbonyl (C=O) groups is 1. The highest BCUT2D eigenvalue weighted by Crippen LogP contribution is 2.17. The van der Waals surface area contributed by atoms with Gasteiger partial charge < -0.3 is 11.1 Å². The van der Waals surface area contributed by atoms with Gasteiger partial charge in [0.1, 0.15) is 11.6 Å². The Kier molecular flexibility index (Phi) is 3.93. The van der Waals surface area contributed by atoms with Gasteiger partial charge in [-0.2, -0.15) is 0 Å². The van der Waals surface area contributed by atoms with Gasteiger partial charge in [0.25, 0.3) is 5.91 Å². The lowest BCUT2D eigenvalue weighted by Gasteiger charge is -2.10. The third-order valence-electron chi connectivity index (χ3n) is 2.69. The molecule has 6 heteroatoms. The van der Waals surface area contributed by atoms with Crippen LogP contribution >= 0.6 is 0 Å². The molecular formula is C14H15FN4O. The Balaban J connectivity index is 2.30. The molecule has 1 amide bonds. The smallest absolute Gasteiger partial charge is 0.276 e. The summed E-state index contributed by atoms with van der Waals surface area (Å²) in [6, 6.07) is 5.90. The van der Waals surface area contributed by atoms with Gasteiger partial charge in [0.15, 0.2) is 5.69 Å². The van der Waals surface area contributed by atoms with Gasteiger partial charge in [-0.15, -0.1) is 0 Å². The van der Waals surface area contributed by atoms with Gasteiger partial charge in [-0.3, -0.25) is 4.79 Å². The summed E-state index contributed by atoms with van der Waals surface area (Å²) in [5, 5.41) is 2.45. The number of halogens is 1. The van der Waals surface area contributed by atoms with Crippen molar-refractivity contribution in [3.63, 3.8) is 0 Å². The minimum atomic E-state index is -0.558. The molecule has 1 aromatic heterocycles. The van der Waals surface area contributed by atoms with E-state index in [1.54, 1.807) is 12.1 Å². The van der Waals surface area contributed by atoms with Gasteiger partial charge in [-0.25, -0.2) is 14.4 Å². The van der Waals surface area contributed by atoms with E-state index < -0.39 is 11.7 Å². The van der Waals surface area contributed by atoms with Gasteiger partial charge in [0.2, 0.25) is 0 Å². The predicted molar refractivity (Wildman–Crippen MR) is 74.9 cm³/mol. The molecule has 0 unspecified atom stereocenters. The third-order valence-corrected chi connectivity index (χ3v) is 2.69. The number of nitrogens with one attached hydrogen (secondary N) is 1. The van der Waals surface area contributed by atoms with Gasteiger partial charge in [-0.1, -0.05) is 26.0 Å². The van der Waals surface area contributed by atoms with Gasteiger partial charge >= 0.3 is 0 Å². The molecule has 20 heavy (non-hydrogen) atoms. The van der Waals surface area contributed by atoms with Crippen molar-refractivity contribution >= 4 is 17.3 Å². The van der Waals surface area contributed by atoms with Crippen LogP contribution in [0.1, 0.15) is 36.1 Å². The number of anilines is 2. The maximum atomic E-state index is 13.5. The van der Waals surface area contributed by atoms with Gasteiger partial charge in [0.05, 0.1) is 17.6 Å². The van der Waals surface area contributed by atoms with Crippen LogP contribution in [-0.2, 0) is 0 Å². The monoisotopic (exact) mass is 274 g/mol. The molecule has 1 heterocycles. The molecule has 0 fully saturated rings. The van der Waals surface area contributed by atoms with Crippen LogP contribution < -0.4 is 11.1 Å². The van der Waals surface area contributed by atoms with Crippen molar-refractivity contribution in [3.05, 3.63) is 47.8 Å². The molecule has 0 atom stereocenters. The standard InChI is InChI=1S/C14H15FN4O/c1-8(2)13-17-7-10(16)12(19-13)14(20)18-11-6-4-3-5-9(11)15/h3-8H,16H2,1-2H3,(H,18,20). The zero-order chi connectivity index (χ0) is 14.7. The van der Waals surface area contributed by atoms with Gasteiger partial charge in [-0.05, 0) is 12.1 Å². The molecule has 1 aromatic carbocycles. The molecule has 0 bridgehead atoms. The van der Waals surface area contributed by atoms with E-state index in [2.05, 4.69) is 15.3 Å². The lowest BCUT2D eigenvalue weighted by atomic mass is 10.2. The lowest BCUT2D eigenvalue weighted by molar-refractivity contribution is 0.102. The van der Waals surface area contributed by atoms with E-state index in [1.165, 1.54) is 18.3 Å². The molecule has 104 valence electrons. The number of nitrogens with zero attached hydrogens (tertiary/aromatic N) is 2. The summed E-state index contributed by atoms with van der Waals surface area (Å²) >= 11 is 0. The van der Waals surface area contributed by atoms with Crippen molar-refractivity contribution in [3.8, 4) is 0 Å². The quantitative estimate of drug-likeness (QED) is 0.901. The second kappa shape index (κ2) is 5.64. The van der Waals surface area contributed by atoms with Gasteiger partial charge in [0, 0.05) is 5.92 Å². The van der Waals surface area contributed by atoms with Crippen molar-refractivity contribution < 1.29 is 9.18 Å². The number of hydrogen-bond acceptors (Lipinski definition) is 4. The molecule has 2 rings (SSSR count). The summed E-state index contributed by atoms with van der Waals surface area (Å²) in [6.07, 6.45) is 1.39. The van der Waals surface area contributed by atoms with Crippen LogP contribution in [-0.4, -0.2) is 15.9 Å². The van der Waals surface area contributed by atoms with Crippen molar-refractivity contribution in [2.45, 2.75) is 19.8 Å². The van der Waals surface area contributed by atoms with Crippen LogP contribution in [0.3, 0.4) is 0 Å². The van der Waals surface area contributed by atoms with Crippen molar-refractivity contribution in [2.75, 3.05) is 11.1 Å². The topological polar surface area (TPSA) is 80.9 Å². The third kappa shape index (κ3) is 2.90. The number of rotatable bonds is 3. The van der Waals surface area contributed by atoms with E-state index in [1.807, 2.05) is 13.8 Å². The maximum Gasteiger partial charge on any atom is 0.276 e. The Morgan fingerprint density at radius 2 is 2.05 bits per heavy atom. The van der Waals surface area contributed by atoms with Crippen LogP contribution in [0.25, 0.3) is 0 Å². The van der Waals surface area contributed by atoms with Crippen LogP contribution in [0, 0.1) is 5.82 Å². The highest BCUT2D eigenvalue weighted by molar-refractivity contribution is 6.06. The predicted octanol–water partition coefficient (Wildman–Crippen LogP) is 2.57. The first-order valence-electron chi connectivity index (χ1n) is 6.17. The van der Waals surface area contributed by atoms with E-state index in [-0.39, 0.29) is 23.0 Å². The van der Waals surface area contributed by atoms with E-state index in [0.29, 0.717) is 5.82 Å². The molecule has 0 aliphatic rings. The highest BCUT2D eigenvalue weighted by Gasteiger charge is 2.16. The van der Waals surface area contributed by atoms with E-state index in [4.69, 9.17) is 5.73 Å². The average Bonchev–Trinajstić information content (AvgIpc) is 2.41. The summed E-state index contributed by atoms with van der Waals surface area (Å²) in [5.41, 5.74) is 5.99. The molecule has 5 nitrogen and oxygen atoms in total. The van der Waals surface area contributed by atoms with Crippen LogP contribution in [0.4, 0.5) is 15.8 Å². The van der Waals surface area contributed by atoms with E-state index in [9.17, 15) is 9.18 Å². The average molecular weight is 274 g/mol. The Hall–Kier alpha value is -2.50. The first-order valence-corrected chi connectivity index (χ1v) is 6.17. The SMILES string of the molecule is CC(C)c1ncc(N)c(C(=O)Nc2ccccc2F)n1. The fourth-order valence-electron chi connectivity index (χ4n) is 1.61. The second-order valence-electron chi connectivity index (χ2n) is 4.62. The molecule has 0 radical (unpaired) electrons. The molecule has 0 saturated carbocycles. The summed E-state index contributed by atoms with van der Waals surface area (Å²) in [6.45, 7) is 3.81. The minimum Gasteiger partial charge on any atom is -0.396 e. The number of nitrogen functional groups attached to an aromatic ring is 1. The number of carbonyl (C=O) groups excluding carboxylic acids is 1. The molecule has 0 spiro atoms. The summed E-state index contributed by atoms with van der Waals surface area (Å²) in [5.74, 6) is -0.497. The summed E-state index contributed by atoms with van der Waals surface area (Å²) in [7, 11) is 0. The van der Waals surface area contributed by atoms with Crippen molar-refractivity contribution in [2.24, 2.45) is 0 Å². The Morgan fingerprint density at radius 1 is 1.35 bits per heavy atom. The van der Waals surface area contributed by atoms with E-state index >= 15 is 0 Å². The molecule has 0 aliphatic carbocycles. The molecular weight excluding hydrogens is 259 g/mol. The molecule has 2 aromatic rings. The first kappa shape index (κ1) is 13.9. The normalized spacial score (nSPS) is 10.6. The van der Waals surface area contributed by atoms with Crippen LogP contribution in [0.2, 0.25) is 0 Å². The minimum absolute atomic E-state index is 0.0481. The van der Waals surface area contributed by atoms with Crippen molar-refractivity contribution in [1.82, 2.24) is 9.97 Å². The number of para-hydroxylation sites is 1. The zero-order valence-corrected chi connectivity index (χ0v) is 11.2. The number of amides is 1.